The molecule has 14 heavy (non-hydrogen) atoms. The van der Waals surface area contributed by atoms with Crippen molar-refractivity contribution in [1.29, 1.82) is 5.41 Å². The lowest BCUT2D eigenvalue weighted by Crippen LogP contribution is -2.11. The van der Waals surface area contributed by atoms with E-state index >= 15 is 0 Å². The molecular formula is C9H13ClN2O2. The van der Waals surface area contributed by atoms with E-state index in [2.05, 4.69) is 0 Å². The second-order valence-corrected chi connectivity index (χ2v) is 2.48. The molecule has 4 nitrogen and oxygen atoms in total. The maximum absolute atomic E-state index is 7.22. The minimum atomic E-state index is 0. The van der Waals surface area contributed by atoms with E-state index in [1.165, 1.54) is 0 Å². The van der Waals surface area contributed by atoms with Crippen LogP contribution in [0, 0.1) is 5.41 Å². The lowest BCUT2D eigenvalue weighted by atomic mass is 10.2. The Morgan fingerprint density at radius 3 is 2.21 bits per heavy atom. The summed E-state index contributed by atoms with van der Waals surface area (Å²) in [6.45, 7) is 0. The number of methoxy groups -OCH3 is 2. The second-order valence-electron chi connectivity index (χ2n) is 2.48. The number of nitrogen functional groups attached to an aromatic ring is 1. The van der Waals surface area contributed by atoms with Crippen molar-refractivity contribution in [1.82, 2.24) is 0 Å². The molecule has 0 aliphatic heterocycles. The predicted molar refractivity (Wildman–Crippen MR) is 57.8 cm³/mol. The first kappa shape index (κ1) is 12.6. The van der Waals surface area contributed by atoms with Gasteiger partial charge in [-0.25, -0.2) is 0 Å². The molecule has 78 valence electrons. The fraction of sp³-hybridized carbons (Fsp3) is 0.222. The molecule has 0 radical (unpaired) electrons. The summed E-state index contributed by atoms with van der Waals surface area (Å²) < 4.78 is 10.1. The van der Waals surface area contributed by atoms with Crippen LogP contribution in [0.5, 0.6) is 11.5 Å². The number of rotatable bonds is 3. The van der Waals surface area contributed by atoms with Crippen LogP contribution in [0.15, 0.2) is 18.2 Å². The van der Waals surface area contributed by atoms with Crippen molar-refractivity contribution < 1.29 is 9.47 Å². The fourth-order valence-corrected chi connectivity index (χ4v) is 1.00. The maximum Gasteiger partial charge on any atom is 0.161 e. The van der Waals surface area contributed by atoms with Crippen molar-refractivity contribution in [3.8, 4) is 11.5 Å². The minimum Gasteiger partial charge on any atom is -0.493 e. The van der Waals surface area contributed by atoms with Crippen LogP contribution < -0.4 is 15.2 Å². The molecule has 0 heterocycles. The van der Waals surface area contributed by atoms with Crippen molar-refractivity contribution in [2.45, 2.75) is 0 Å². The van der Waals surface area contributed by atoms with Gasteiger partial charge in [0.05, 0.1) is 14.2 Å². The first-order chi connectivity index (χ1) is 6.19. The molecule has 3 N–H and O–H groups in total. The zero-order valence-electron chi connectivity index (χ0n) is 8.03. The molecule has 1 rings (SSSR count). The summed E-state index contributed by atoms with van der Waals surface area (Å²) in [4.78, 5) is 0. The molecule has 0 atom stereocenters. The van der Waals surface area contributed by atoms with Gasteiger partial charge >= 0.3 is 0 Å². The molecule has 5 heteroatoms. The standard InChI is InChI=1S/C9H12N2O2.ClH/c1-12-7-4-3-6(9(10)11)5-8(7)13-2;/h3-5H,1-2H3,(H3,10,11);1H. The van der Waals surface area contributed by atoms with E-state index in [1.54, 1.807) is 32.4 Å². The zero-order valence-corrected chi connectivity index (χ0v) is 8.85. The molecule has 0 saturated heterocycles. The van der Waals surface area contributed by atoms with Gasteiger partial charge in [0.25, 0.3) is 0 Å². The van der Waals surface area contributed by atoms with Crippen LogP contribution in [0.3, 0.4) is 0 Å². The minimum absolute atomic E-state index is 0. The van der Waals surface area contributed by atoms with E-state index in [9.17, 15) is 0 Å². The number of hydrogen-bond acceptors (Lipinski definition) is 3. The molecule has 0 fully saturated rings. The van der Waals surface area contributed by atoms with Gasteiger partial charge in [-0.1, -0.05) is 0 Å². The first-order valence-electron chi connectivity index (χ1n) is 3.75. The lowest BCUT2D eigenvalue weighted by Gasteiger charge is -2.08. The van der Waals surface area contributed by atoms with Gasteiger partial charge in [-0.05, 0) is 18.2 Å². The number of nitrogens with one attached hydrogen (secondary N) is 1. The molecule has 0 unspecified atom stereocenters. The van der Waals surface area contributed by atoms with Crippen LogP contribution in [0.25, 0.3) is 0 Å². The number of benzene rings is 1. The third kappa shape index (κ3) is 2.53. The van der Waals surface area contributed by atoms with E-state index in [0.29, 0.717) is 17.1 Å². The highest BCUT2D eigenvalue weighted by Gasteiger charge is 2.05. The molecule has 1 aromatic rings. The molecule has 1 aromatic carbocycles. The lowest BCUT2D eigenvalue weighted by molar-refractivity contribution is 0.355. The molecular weight excluding hydrogens is 204 g/mol. The van der Waals surface area contributed by atoms with E-state index in [0.717, 1.165) is 0 Å². The van der Waals surface area contributed by atoms with Crippen LogP contribution in [-0.2, 0) is 0 Å². The topological polar surface area (TPSA) is 68.3 Å². The summed E-state index contributed by atoms with van der Waals surface area (Å²) >= 11 is 0. The highest BCUT2D eigenvalue weighted by molar-refractivity contribution is 5.95. The van der Waals surface area contributed by atoms with Gasteiger partial charge in [-0.15, -0.1) is 12.4 Å². The van der Waals surface area contributed by atoms with Gasteiger partial charge in [-0.2, -0.15) is 0 Å². The summed E-state index contributed by atoms with van der Waals surface area (Å²) in [5.41, 5.74) is 5.94. The van der Waals surface area contributed by atoms with Crippen LogP contribution in [0.4, 0.5) is 0 Å². The molecule has 0 spiro atoms. The Labute approximate surface area is 88.9 Å². The van der Waals surface area contributed by atoms with Crippen LogP contribution in [-0.4, -0.2) is 20.1 Å². The SMILES string of the molecule is COc1ccc(C(=N)N)cc1OC.Cl. The summed E-state index contributed by atoms with van der Waals surface area (Å²) in [7, 11) is 3.10. The predicted octanol–water partition coefficient (Wildman–Crippen LogP) is 1.41. The van der Waals surface area contributed by atoms with E-state index in [1.807, 2.05) is 0 Å². The van der Waals surface area contributed by atoms with Gasteiger partial charge < -0.3 is 15.2 Å². The van der Waals surface area contributed by atoms with Crippen molar-refractivity contribution in [3.63, 3.8) is 0 Å². The number of halogens is 1. The van der Waals surface area contributed by atoms with Gasteiger partial charge in [0.2, 0.25) is 0 Å². The van der Waals surface area contributed by atoms with Crippen molar-refractivity contribution in [3.05, 3.63) is 23.8 Å². The molecule has 0 aliphatic carbocycles. The largest absolute Gasteiger partial charge is 0.493 e. The quantitative estimate of drug-likeness (QED) is 0.593. The van der Waals surface area contributed by atoms with E-state index < -0.39 is 0 Å². The maximum atomic E-state index is 7.22. The van der Waals surface area contributed by atoms with Crippen molar-refractivity contribution in [2.24, 2.45) is 5.73 Å². The van der Waals surface area contributed by atoms with Crippen molar-refractivity contribution in [2.75, 3.05) is 14.2 Å². The second kappa shape index (κ2) is 5.34. The number of ether oxygens (including phenoxy) is 2. The number of hydrogen-bond donors (Lipinski definition) is 2. The average Bonchev–Trinajstić information content (AvgIpc) is 2.16. The molecule has 0 bridgehead atoms. The summed E-state index contributed by atoms with van der Waals surface area (Å²) in [5.74, 6) is 1.23. The average molecular weight is 217 g/mol. The van der Waals surface area contributed by atoms with Crippen LogP contribution in [0.2, 0.25) is 0 Å². The van der Waals surface area contributed by atoms with E-state index in [-0.39, 0.29) is 18.2 Å². The Hall–Kier alpha value is -1.42. The van der Waals surface area contributed by atoms with Crippen LogP contribution in [0.1, 0.15) is 5.56 Å². The molecule has 0 amide bonds. The smallest absolute Gasteiger partial charge is 0.161 e. The Bertz CT molecular complexity index is 329. The van der Waals surface area contributed by atoms with Gasteiger partial charge in [0, 0.05) is 5.56 Å². The number of nitrogens with two attached hydrogens (primary N) is 1. The van der Waals surface area contributed by atoms with Crippen molar-refractivity contribution >= 4 is 18.2 Å². The van der Waals surface area contributed by atoms with Crippen LogP contribution >= 0.6 is 12.4 Å². The molecule has 0 aliphatic rings. The summed E-state index contributed by atoms with van der Waals surface area (Å²) in [6, 6.07) is 5.10. The normalized spacial score (nSPS) is 8.71. The van der Waals surface area contributed by atoms with E-state index in [4.69, 9.17) is 20.6 Å². The highest BCUT2D eigenvalue weighted by atomic mass is 35.5. The first-order valence-corrected chi connectivity index (χ1v) is 3.75. The third-order valence-electron chi connectivity index (χ3n) is 1.69. The molecule has 0 saturated carbocycles. The molecule has 0 aromatic heterocycles. The monoisotopic (exact) mass is 216 g/mol. The third-order valence-corrected chi connectivity index (χ3v) is 1.69. The Kier molecular flexibility index (Phi) is 4.80. The summed E-state index contributed by atoms with van der Waals surface area (Å²) in [6.07, 6.45) is 0. The summed E-state index contributed by atoms with van der Waals surface area (Å²) in [5, 5.41) is 7.22. The zero-order chi connectivity index (χ0) is 9.84. The Morgan fingerprint density at radius 2 is 1.79 bits per heavy atom. The van der Waals surface area contributed by atoms with Gasteiger partial charge in [0.15, 0.2) is 11.5 Å². The van der Waals surface area contributed by atoms with Gasteiger partial charge in [0.1, 0.15) is 5.84 Å². The fourth-order valence-electron chi connectivity index (χ4n) is 1.00. The van der Waals surface area contributed by atoms with Gasteiger partial charge in [-0.3, -0.25) is 5.41 Å². The number of amidine groups is 1. The highest BCUT2D eigenvalue weighted by Crippen LogP contribution is 2.27. The Balaban J connectivity index is 0.00000169. The Morgan fingerprint density at radius 1 is 1.21 bits per heavy atom.